The number of fused-ring (bicyclic) bond motifs is 1. The van der Waals surface area contributed by atoms with E-state index >= 15 is 0 Å². The lowest BCUT2D eigenvalue weighted by molar-refractivity contribution is -0.439. The van der Waals surface area contributed by atoms with Crippen LogP contribution in [0, 0.1) is 0 Å². The van der Waals surface area contributed by atoms with Crippen LogP contribution >= 0.6 is 0 Å². The predicted molar refractivity (Wildman–Crippen MR) is 144 cm³/mol. The molecule has 1 aliphatic rings. The lowest BCUT2D eigenvalue weighted by Crippen LogP contribution is -2.27. The van der Waals surface area contributed by atoms with E-state index in [0.29, 0.717) is 43.5 Å². The van der Waals surface area contributed by atoms with Crippen molar-refractivity contribution in [2.75, 3.05) is 19.4 Å². The van der Waals surface area contributed by atoms with E-state index in [1.54, 1.807) is 19.2 Å². The molecule has 0 aliphatic carbocycles. The molecule has 0 saturated carbocycles. The zero-order valence-electron chi connectivity index (χ0n) is 22.6. The number of carbonyl (C=O) groups excluding carboxylic acids is 2. The number of carbonyl (C=O) groups is 2. The fourth-order valence-corrected chi connectivity index (χ4v) is 5.26. The highest BCUT2D eigenvalue weighted by Gasteiger charge is 2.45. The molecule has 2 aromatic rings. The van der Waals surface area contributed by atoms with Gasteiger partial charge in [-0.15, -0.1) is 0 Å². The molecule has 8 nitrogen and oxygen atoms in total. The van der Waals surface area contributed by atoms with Crippen molar-refractivity contribution in [2.24, 2.45) is 0 Å². The first-order valence-electron chi connectivity index (χ1n) is 12.7. The van der Waals surface area contributed by atoms with Crippen LogP contribution in [0.4, 0.5) is 5.69 Å². The van der Waals surface area contributed by atoms with Gasteiger partial charge in [-0.25, -0.2) is 4.98 Å². The van der Waals surface area contributed by atoms with Crippen molar-refractivity contribution in [1.29, 1.82) is 0 Å². The topological polar surface area (TPSA) is 114 Å². The molecule has 0 fully saturated rings. The SMILES string of the molecule is CCCC(=O)c1cc(-c2cc(OC)c3c(c2)C(C)(C)C(C)=[N+]3CCCS(=O)(=O)O)cc(C(=O)CCC)n1. The average Bonchev–Trinajstić information content (AvgIpc) is 3.03. The molecule has 0 amide bonds. The number of ether oxygens (including phenoxy) is 1. The van der Waals surface area contributed by atoms with E-state index in [4.69, 9.17) is 4.74 Å². The summed E-state index contributed by atoms with van der Waals surface area (Å²) in [5.74, 6) is 0.0756. The summed E-state index contributed by atoms with van der Waals surface area (Å²) in [4.78, 5) is 29.9. The summed E-state index contributed by atoms with van der Waals surface area (Å²) in [7, 11) is -2.48. The van der Waals surface area contributed by atoms with Crippen LogP contribution in [-0.2, 0) is 15.5 Å². The summed E-state index contributed by atoms with van der Waals surface area (Å²) >= 11 is 0. The molecule has 0 radical (unpaired) electrons. The molecule has 1 aliphatic heterocycles. The van der Waals surface area contributed by atoms with Gasteiger partial charge < -0.3 is 4.74 Å². The number of hydrogen-bond acceptors (Lipinski definition) is 6. The summed E-state index contributed by atoms with van der Waals surface area (Å²) in [6.07, 6.45) is 2.33. The third kappa shape index (κ3) is 6.15. The van der Waals surface area contributed by atoms with Crippen molar-refractivity contribution in [2.45, 2.75) is 72.1 Å². The Labute approximate surface area is 219 Å². The van der Waals surface area contributed by atoms with Crippen molar-refractivity contribution in [3.05, 3.63) is 41.2 Å². The van der Waals surface area contributed by atoms with Gasteiger partial charge in [0.05, 0.1) is 18.3 Å². The van der Waals surface area contributed by atoms with Gasteiger partial charge in [-0.3, -0.25) is 14.1 Å². The first-order chi connectivity index (χ1) is 17.3. The fourth-order valence-electron chi connectivity index (χ4n) is 4.76. The molecule has 0 saturated heterocycles. The molecule has 3 rings (SSSR count). The zero-order chi connectivity index (χ0) is 27.5. The van der Waals surface area contributed by atoms with Crippen molar-refractivity contribution in [3.8, 4) is 16.9 Å². The van der Waals surface area contributed by atoms with Gasteiger partial charge in [0.2, 0.25) is 0 Å². The predicted octanol–water partition coefficient (Wildman–Crippen LogP) is 5.40. The van der Waals surface area contributed by atoms with E-state index in [-0.39, 0.29) is 40.5 Å². The monoisotopic (exact) mass is 529 g/mol. The van der Waals surface area contributed by atoms with Gasteiger partial charge in [-0.05, 0) is 62.1 Å². The van der Waals surface area contributed by atoms with Crippen molar-refractivity contribution < 1.29 is 31.9 Å². The normalized spacial score (nSPS) is 14.6. The van der Waals surface area contributed by atoms with Gasteiger partial charge in [0.15, 0.2) is 23.0 Å². The molecule has 0 spiro atoms. The minimum Gasteiger partial charge on any atom is -0.490 e. The average molecular weight is 530 g/mol. The molecule has 1 aromatic heterocycles. The van der Waals surface area contributed by atoms with Gasteiger partial charge in [0, 0.05) is 31.7 Å². The Hall–Kier alpha value is -2.91. The van der Waals surface area contributed by atoms with E-state index in [1.807, 2.05) is 37.5 Å². The number of benzene rings is 1. The molecule has 200 valence electrons. The van der Waals surface area contributed by atoms with Crippen LogP contribution in [0.3, 0.4) is 0 Å². The summed E-state index contributed by atoms with van der Waals surface area (Å²) in [6.45, 7) is 10.4. The Kier molecular flexibility index (Phi) is 8.70. The van der Waals surface area contributed by atoms with E-state index in [2.05, 4.69) is 18.8 Å². The third-order valence-electron chi connectivity index (χ3n) is 7.02. The number of nitrogens with zero attached hydrogens (tertiary/aromatic N) is 2. The Morgan fingerprint density at radius 2 is 1.54 bits per heavy atom. The standard InChI is InChI=1S/C28H36N2O6S/c1-7-10-24(31)22-15-20(16-23(29-22)25(32)11-8-2)19-14-21-27(26(17-19)36-6)30(18(3)28(21,4)5)12-9-13-37(33,34)35/h14-17H,7-13H2,1-6H3/p+1. The summed E-state index contributed by atoms with van der Waals surface area (Å²) in [5, 5.41) is 0. The Bertz CT molecular complexity index is 1320. The number of ketones is 2. The number of methoxy groups -OCH3 is 1. The Balaban J connectivity index is 2.16. The van der Waals surface area contributed by atoms with Crippen molar-refractivity contribution in [3.63, 3.8) is 0 Å². The molecule has 9 heteroatoms. The first kappa shape index (κ1) is 28.7. The number of Topliss-reactive ketones (excluding diaryl/α,β-unsaturated/α-hetero) is 2. The highest BCUT2D eigenvalue weighted by Crippen LogP contribution is 2.47. The maximum Gasteiger partial charge on any atom is 0.265 e. The van der Waals surface area contributed by atoms with E-state index in [0.717, 1.165) is 22.5 Å². The van der Waals surface area contributed by atoms with Crippen LogP contribution in [0.2, 0.25) is 0 Å². The quantitative estimate of drug-likeness (QED) is 0.223. The smallest absolute Gasteiger partial charge is 0.265 e. The molecular formula is C28H37N2O6S+. The van der Waals surface area contributed by atoms with Crippen molar-refractivity contribution in [1.82, 2.24) is 4.98 Å². The lowest BCUT2D eigenvalue weighted by atomic mass is 9.81. The second-order valence-electron chi connectivity index (χ2n) is 10.0. The summed E-state index contributed by atoms with van der Waals surface area (Å²) in [6, 6.07) is 7.40. The molecular weight excluding hydrogens is 492 g/mol. The lowest BCUT2D eigenvalue weighted by Gasteiger charge is -2.17. The van der Waals surface area contributed by atoms with Gasteiger partial charge in [0.1, 0.15) is 17.9 Å². The molecule has 37 heavy (non-hydrogen) atoms. The number of hydrogen-bond donors (Lipinski definition) is 1. The maximum atomic E-state index is 12.8. The highest BCUT2D eigenvalue weighted by molar-refractivity contribution is 7.85. The van der Waals surface area contributed by atoms with Crippen LogP contribution in [-0.4, -0.2) is 59.2 Å². The van der Waals surface area contributed by atoms with E-state index in [1.165, 1.54) is 0 Å². The zero-order valence-corrected chi connectivity index (χ0v) is 23.4. The summed E-state index contributed by atoms with van der Waals surface area (Å²) < 4.78 is 39.6. The van der Waals surface area contributed by atoms with Crippen LogP contribution in [0.25, 0.3) is 11.1 Å². The van der Waals surface area contributed by atoms with Gasteiger partial charge in [0.25, 0.3) is 15.8 Å². The molecule has 0 atom stereocenters. The minimum absolute atomic E-state index is 0.0995. The largest absolute Gasteiger partial charge is 0.490 e. The van der Waals surface area contributed by atoms with E-state index in [9.17, 15) is 22.6 Å². The van der Waals surface area contributed by atoms with Gasteiger partial charge in [-0.2, -0.15) is 13.0 Å². The second kappa shape index (κ2) is 11.2. The molecule has 1 N–H and O–H groups in total. The molecule has 1 aromatic carbocycles. The first-order valence-corrected chi connectivity index (χ1v) is 14.3. The Morgan fingerprint density at radius 3 is 2.03 bits per heavy atom. The third-order valence-corrected chi connectivity index (χ3v) is 7.82. The van der Waals surface area contributed by atoms with Gasteiger partial charge in [-0.1, -0.05) is 13.8 Å². The van der Waals surface area contributed by atoms with Crippen LogP contribution in [0.1, 0.15) is 93.3 Å². The van der Waals surface area contributed by atoms with Crippen LogP contribution in [0.5, 0.6) is 5.75 Å². The van der Waals surface area contributed by atoms with Crippen molar-refractivity contribution >= 4 is 33.1 Å². The van der Waals surface area contributed by atoms with Crippen LogP contribution in [0.15, 0.2) is 24.3 Å². The Morgan fingerprint density at radius 1 is 1.00 bits per heavy atom. The van der Waals surface area contributed by atoms with Gasteiger partial charge >= 0.3 is 0 Å². The molecule has 0 unspecified atom stereocenters. The molecule has 0 bridgehead atoms. The molecule has 2 heterocycles. The number of rotatable bonds is 12. The maximum absolute atomic E-state index is 12.8. The summed E-state index contributed by atoms with van der Waals surface area (Å²) in [5.41, 5.74) is 4.57. The fraction of sp³-hybridized carbons (Fsp3) is 0.500. The highest BCUT2D eigenvalue weighted by atomic mass is 32.2. The number of aromatic nitrogens is 1. The number of pyridine rings is 1. The second-order valence-corrected chi connectivity index (χ2v) is 11.6. The van der Waals surface area contributed by atoms with Crippen LogP contribution < -0.4 is 4.74 Å². The van der Waals surface area contributed by atoms with E-state index < -0.39 is 10.1 Å². The minimum atomic E-state index is -4.06.